The number of hydrogen-bond donors (Lipinski definition) is 2. The Bertz CT molecular complexity index is 428. The minimum Gasteiger partial charge on any atom is -0.478 e. The molecule has 0 aromatic heterocycles. The number of hydrogen-bond acceptors (Lipinski definition) is 3. The van der Waals surface area contributed by atoms with Gasteiger partial charge < -0.3 is 15.3 Å². The van der Waals surface area contributed by atoms with Crippen LogP contribution in [-0.4, -0.2) is 36.6 Å². The van der Waals surface area contributed by atoms with E-state index >= 15 is 0 Å². The van der Waals surface area contributed by atoms with E-state index in [1.807, 2.05) is 0 Å². The van der Waals surface area contributed by atoms with E-state index in [-0.39, 0.29) is 11.5 Å². The Hall–Kier alpha value is -2.04. The lowest BCUT2D eigenvalue weighted by Gasteiger charge is -2.21. The highest BCUT2D eigenvalue weighted by molar-refractivity contribution is 5.88. The van der Waals surface area contributed by atoms with E-state index in [1.165, 1.54) is 0 Å². The van der Waals surface area contributed by atoms with Gasteiger partial charge in [-0.05, 0) is 24.3 Å². The molecular formula is C12H14N2O3. The molecule has 0 bridgehead atoms. The molecule has 1 saturated heterocycles. The van der Waals surface area contributed by atoms with Gasteiger partial charge in [0.1, 0.15) is 0 Å². The molecule has 1 aromatic rings. The van der Waals surface area contributed by atoms with Crippen LogP contribution in [0.5, 0.6) is 0 Å². The fraction of sp³-hybridized carbons (Fsp3) is 0.333. The number of carboxylic acid groups (broad SMARTS) is 1. The molecule has 2 rings (SSSR count). The molecule has 1 aliphatic rings. The Morgan fingerprint density at radius 1 is 1.24 bits per heavy atom. The third-order valence-electron chi connectivity index (χ3n) is 2.79. The van der Waals surface area contributed by atoms with E-state index in [2.05, 4.69) is 10.2 Å². The van der Waals surface area contributed by atoms with E-state index in [9.17, 15) is 9.59 Å². The van der Waals surface area contributed by atoms with Gasteiger partial charge in [0, 0.05) is 31.7 Å². The van der Waals surface area contributed by atoms with Gasteiger partial charge in [-0.2, -0.15) is 0 Å². The predicted molar refractivity (Wildman–Crippen MR) is 63.2 cm³/mol. The molecule has 0 saturated carbocycles. The molecule has 17 heavy (non-hydrogen) atoms. The summed E-state index contributed by atoms with van der Waals surface area (Å²) in [6, 6.07) is 6.72. The molecule has 0 unspecified atom stereocenters. The van der Waals surface area contributed by atoms with Gasteiger partial charge in [0.15, 0.2) is 0 Å². The summed E-state index contributed by atoms with van der Waals surface area (Å²) in [6.45, 7) is 2.04. The number of benzene rings is 1. The molecule has 5 heteroatoms. The van der Waals surface area contributed by atoms with Crippen LogP contribution in [0.2, 0.25) is 0 Å². The third-order valence-corrected chi connectivity index (χ3v) is 2.79. The standard InChI is InChI=1S/C12H14N2O3/c15-11-5-7-14(8-6-13-11)10-3-1-9(2-4-10)12(16)17/h1-4H,5-8H2,(H,13,15)(H,16,17). The number of anilines is 1. The Morgan fingerprint density at radius 2 is 1.94 bits per heavy atom. The Balaban J connectivity index is 2.11. The SMILES string of the molecule is O=C1CCN(c2ccc(C(=O)O)cc2)CCN1. The molecule has 0 atom stereocenters. The van der Waals surface area contributed by atoms with Crippen LogP contribution in [0.25, 0.3) is 0 Å². The summed E-state index contributed by atoms with van der Waals surface area (Å²) in [5.74, 6) is -0.862. The Morgan fingerprint density at radius 3 is 2.59 bits per heavy atom. The van der Waals surface area contributed by atoms with E-state index in [0.29, 0.717) is 19.5 Å². The van der Waals surface area contributed by atoms with Crippen LogP contribution in [0.3, 0.4) is 0 Å². The van der Waals surface area contributed by atoms with Crippen LogP contribution in [0.1, 0.15) is 16.8 Å². The maximum atomic E-state index is 11.2. The van der Waals surface area contributed by atoms with Crippen molar-refractivity contribution in [1.29, 1.82) is 0 Å². The van der Waals surface area contributed by atoms with Gasteiger partial charge >= 0.3 is 5.97 Å². The van der Waals surface area contributed by atoms with E-state index in [0.717, 1.165) is 12.2 Å². The minimum absolute atomic E-state index is 0.0645. The average Bonchev–Trinajstić information content (AvgIpc) is 2.54. The second-order valence-corrected chi connectivity index (χ2v) is 3.94. The molecule has 1 aliphatic heterocycles. The Labute approximate surface area is 99.0 Å². The van der Waals surface area contributed by atoms with Crippen molar-refractivity contribution in [2.24, 2.45) is 0 Å². The number of carbonyl (C=O) groups is 2. The summed E-state index contributed by atoms with van der Waals surface area (Å²) in [6.07, 6.45) is 0.473. The van der Waals surface area contributed by atoms with Gasteiger partial charge in [-0.3, -0.25) is 4.79 Å². The average molecular weight is 234 g/mol. The second-order valence-electron chi connectivity index (χ2n) is 3.94. The number of aromatic carboxylic acids is 1. The van der Waals surface area contributed by atoms with Gasteiger partial charge in [-0.1, -0.05) is 0 Å². The lowest BCUT2D eigenvalue weighted by molar-refractivity contribution is -0.120. The zero-order valence-corrected chi connectivity index (χ0v) is 9.35. The molecule has 0 radical (unpaired) electrons. The van der Waals surface area contributed by atoms with Crippen molar-refractivity contribution in [2.45, 2.75) is 6.42 Å². The third kappa shape index (κ3) is 2.75. The number of carboxylic acids is 1. The van der Waals surface area contributed by atoms with E-state index in [4.69, 9.17) is 5.11 Å². The van der Waals surface area contributed by atoms with Crippen molar-refractivity contribution in [3.63, 3.8) is 0 Å². The molecule has 0 spiro atoms. The zero-order valence-electron chi connectivity index (χ0n) is 9.35. The largest absolute Gasteiger partial charge is 0.478 e. The first kappa shape index (κ1) is 11.4. The summed E-state index contributed by atoms with van der Waals surface area (Å²) in [5, 5.41) is 11.6. The fourth-order valence-corrected chi connectivity index (χ4v) is 1.84. The molecular weight excluding hydrogens is 220 g/mol. The number of amides is 1. The summed E-state index contributed by atoms with van der Waals surface area (Å²) >= 11 is 0. The van der Waals surface area contributed by atoms with Gasteiger partial charge in [0.2, 0.25) is 5.91 Å². The quantitative estimate of drug-likeness (QED) is 0.790. The molecule has 1 heterocycles. The summed E-state index contributed by atoms with van der Waals surface area (Å²) in [4.78, 5) is 24.0. The van der Waals surface area contributed by atoms with Crippen molar-refractivity contribution in [3.05, 3.63) is 29.8 Å². The second kappa shape index (κ2) is 4.86. The molecule has 1 fully saturated rings. The van der Waals surface area contributed by atoms with Crippen LogP contribution >= 0.6 is 0 Å². The predicted octanol–water partition coefficient (Wildman–Crippen LogP) is 0.711. The molecule has 2 N–H and O–H groups in total. The maximum Gasteiger partial charge on any atom is 0.335 e. The van der Waals surface area contributed by atoms with Crippen molar-refractivity contribution < 1.29 is 14.7 Å². The van der Waals surface area contributed by atoms with Crippen molar-refractivity contribution >= 4 is 17.6 Å². The molecule has 90 valence electrons. The molecule has 1 aromatic carbocycles. The minimum atomic E-state index is -0.927. The fourth-order valence-electron chi connectivity index (χ4n) is 1.84. The van der Waals surface area contributed by atoms with Crippen molar-refractivity contribution in [2.75, 3.05) is 24.5 Å². The monoisotopic (exact) mass is 234 g/mol. The smallest absolute Gasteiger partial charge is 0.335 e. The maximum absolute atomic E-state index is 11.2. The van der Waals surface area contributed by atoms with Crippen LogP contribution in [-0.2, 0) is 4.79 Å². The first-order valence-corrected chi connectivity index (χ1v) is 5.52. The highest BCUT2D eigenvalue weighted by Gasteiger charge is 2.14. The first-order chi connectivity index (χ1) is 8.16. The summed E-state index contributed by atoms with van der Waals surface area (Å²) in [5.41, 5.74) is 1.23. The van der Waals surface area contributed by atoms with Crippen LogP contribution in [0, 0.1) is 0 Å². The van der Waals surface area contributed by atoms with Crippen LogP contribution < -0.4 is 10.2 Å². The lowest BCUT2D eigenvalue weighted by atomic mass is 10.2. The normalized spacial score (nSPS) is 16.2. The van der Waals surface area contributed by atoms with Crippen LogP contribution in [0.4, 0.5) is 5.69 Å². The van der Waals surface area contributed by atoms with Crippen LogP contribution in [0.15, 0.2) is 24.3 Å². The summed E-state index contributed by atoms with van der Waals surface area (Å²) in [7, 11) is 0. The van der Waals surface area contributed by atoms with Gasteiger partial charge in [-0.25, -0.2) is 4.79 Å². The molecule has 0 aliphatic carbocycles. The lowest BCUT2D eigenvalue weighted by Crippen LogP contribution is -2.28. The number of nitrogens with zero attached hydrogens (tertiary/aromatic N) is 1. The summed E-state index contributed by atoms with van der Waals surface area (Å²) < 4.78 is 0. The number of rotatable bonds is 2. The van der Waals surface area contributed by atoms with E-state index < -0.39 is 5.97 Å². The highest BCUT2D eigenvalue weighted by Crippen LogP contribution is 2.16. The molecule has 5 nitrogen and oxygen atoms in total. The number of nitrogens with one attached hydrogen (secondary N) is 1. The zero-order chi connectivity index (χ0) is 12.3. The van der Waals surface area contributed by atoms with Gasteiger partial charge in [0.05, 0.1) is 5.56 Å². The van der Waals surface area contributed by atoms with E-state index in [1.54, 1.807) is 24.3 Å². The molecule has 1 amide bonds. The Kier molecular flexibility index (Phi) is 3.27. The van der Waals surface area contributed by atoms with Gasteiger partial charge in [-0.15, -0.1) is 0 Å². The first-order valence-electron chi connectivity index (χ1n) is 5.52. The topological polar surface area (TPSA) is 69.6 Å². The highest BCUT2D eigenvalue weighted by atomic mass is 16.4. The van der Waals surface area contributed by atoms with Crippen molar-refractivity contribution in [3.8, 4) is 0 Å². The number of carbonyl (C=O) groups excluding carboxylic acids is 1. The van der Waals surface area contributed by atoms with Crippen molar-refractivity contribution in [1.82, 2.24) is 5.32 Å². The van der Waals surface area contributed by atoms with Gasteiger partial charge in [0.25, 0.3) is 0 Å².